The van der Waals surface area contributed by atoms with Gasteiger partial charge in [0.15, 0.2) is 0 Å². The summed E-state index contributed by atoms with van der Waals surface area (Å²) >= 11 is 5.04. The molecule has 19 heavy (non-hydrogen) atoms. The van der Waals surface area contributed by atoms with Crippen LogP contribution in [0.2, 0.25) is 0 Å². The van der Waals surface area contributed by atoms with E-state index in [1.807, 2.05) is 37.3 Å². The van der Waals surface area contributed by atoms with Crippen LogP contribution >= 0.6 is 27.3 Å². The van der Waals surface area contributed by atoms with Crippen LogP contribution in [-0.4, -0.2) is 17.5 Å². The predicted octanol–water partition coefficient (Wildman–Crippen LogP) is 4.53. The number of para-hydroxylation sites is 1. The van der Waals surface area contributed by atoms with E-state index < -0.39 is 0 Å². The van der Waals surface area contributed by atoms with Crippen LogP contribution in [0.15, 0.2) is 46.3 Å². The number of ether oxygens (including phenoxy) is 1. The van der Waals surface area contributed by atoms with Crippen molar-refractivity contribution in [3.63, 3.8) is 0 Å². The highest BCUT2D eigenvalue weighted by atomic mass is 79.9. The third-order valence-corrected chi connectivity index (χ3v) is 4.17. The summed E-state index contributed by atoms with van der Waals surface area (Å²) < 4.78 is 6.39. The van der Waals surface area contributed by atoms with Gasteiger partial charge in [-0.05, 0) is 47.1 Å². The Labute approximate surface area is 124 Å². The molecule has 0 atom stereocenters. The second kappa shape index (κ2) is 6.73. The minimum absolute atomic E-state index is 0.321. The van der Waals surface area contributed by atoms with Crippen molar-refractivity contribution in [3.05, 3.63) is 51.1 Å². The first-order chi connectivity index (χ1) is 9.19. The molecule has 2 aromatic rings. The number of carbonyl (C=O) groups is 1. The molecule has 0 saturated carbocycles. The fraction of sp³-hybridized carbons (Fsp3) is 0.214. The number of hydrogen-bond donors (Lipinski definition) is 0. The SMILES string of the molecule is CCN(Cc1ccc(Br)s1)C(=O)Oc1ccccc1. The number of carbonyl (C=O) groups excluding carboxylic acids is 1. The quantitative estimate of drug-likeness (QED) is 0.818. The summed E-state index contributed by atoms with van der Waals surface area (Å²) in [6.45, 7) is 3.12. The van der Waals surface area contributed by atoms with Gasteiger partial charge in [-0.25, -0.2) is 4.79 Å². The Balaban J connectivity index is 1.99. The van der Waals surface area contributed by atoms with Crippen LogP contribution in [0, 0.1) is 0 Å². The highest BCUT2D eigenvalue weighted by Crippen LogP contribution is 2.23. The molecular weight excluding hydrogens is 326 g/mol. The lowest BCUT2D eigenvalue weighted by atomic mass is 10.3. The highest BCUT2D eigenvalue weighted by molar-refractivity contribution is 9.11. The minimum atomic E-state index is -0.321. The van der Waals surface area contributed by atoms with Crippen LogP contribution in [-0.2, 0) is 6.54 Å². The van der Waals surface area contributed by atoms with Gasteiger partial charge in [0.05, 0.1) is 10.3 Å². The van der Waals surface area contributed by atoms with Crippen molar-refractivity contribution in [1.82, 2.24) is 4.90 Å². The molecule has 0 aliphatic carbocycles. The first-order valence-corrected chi connectivity index (χ1v) is 7.56. The molecule has 0 fully saturated rings. The van der Waals surface area contributed by atoms with E-state index in [0.29, 0.717) is 18.8 Å². The van der Waals surface area contributed by atoms with E-state index in [2.05, 4.69) is 15.9 Å². The maximum Gasteiger partial charge on any atom is 0.415 e. The molecule has 0 aliphatic heterocycles. The van der Waals surface area contributed by atoms with Crippen LogP contribution in [0.3, 0.4) is 0 Å². The molecule has 0 aliphatic rings. The first kappa shape index (κ1) is 14.1. The molecule has 3 nitrogen and oxygen atoms in total. The maximum atomic E-state index is 12.1. The number of halogens is 1. The standard InChI is InChI=1S/C14H14BrNO2S/c1-2-16(10-12-8-9-13(15)19-12)14(17)18-11-6-4-3-5-7-11/h3-9H,2,10H2,1H3. The molecule has 0 spiro atoms. The predicted molar refractivity (Wildman–Crippen MR) is 80.6 cm³/mol. The minimum Gasteiger partial charge on any atom is -0.410 e. The van der Waals surface area contributed by atoms with Gasteiger partial charge in [0, 0.05) is 11.4 Å². The van der Waals surface area contributed by atoms with Crippen LogP contribution in [0.5, 0.6) is 5.75 Å². The maximum absolute atomic E-state index is 12.1. The van der Waals surface area contributed by atoms with Crippen molar-refractivity contribution in [2.45, 2.75) is 13.5 Å². The van der Waals surface area contributed by atoms with E-state index in [4.69, 9.17) is 4.74 Å². The van der Waals surface area contributed by atoms with Crippen molar-refractivity contribution in [1.29, 1.82) is 0 Å². The zero-order chi connectivity index (χ0) is 13.7. The normalized spacial score (nSPS) is 10.2. The number of nitrogens with zero attached hydrogens (tertiary/aromatic N) is 1. The average Bonchev–Trinajstić information content (AvgIpc) is 2.82. The van der Waals surface area contributed by atoms with Crippen molar-refractivity contribution >= 4 is 33.4 Å². The summed E-state index contributed by atoms with van der Waals surface area (Å²) in [6, 6.07) is 13.1. The molecule has 5 heteroatoms. The summed E-state index contributed by atoms with van der Waals surface area (Å²) in [5.74, 6) is 0.568. The molecule has 1 amide bonds. The second-order valence-corrected chi connectivity index (χ2v) is 6.45. The molecule has 0 bridgehead atoms. The molecule has 0 N–H and O–H groups in total. The highest BCUT2D eigenvalue weighted by Gasteiger charge is 2.15. The van der Waals surface area contributed by atoms with Gasteiger partial charge in [-0.15, -0.1) is 11.3 Å². The Morgan fingerprint density at radius 1 is 1.26 bits per heavy atom. The van der Waals surface area contributed by atoms with Crippen LogP contribution in [0.25, 0.3) is 0 Å². The Kier molecular flexibility index (Phi) is 4.99. The van der Waals surface area contributed by atoms with E-state index >= 15 is 0 Å². The van der Waals surface area contributed by atoms with Crippen molar-refractivity contribution in [3.8, 4) is 5.75 Å². The zero-order valence-electron chi connectivity index (χ0n) is 10.5. The van der Waals surface area contributed by atoms with E-state index in [1.54, 1.807) is 28.4 Å². The van der Waals surface area contributed by atoms with Crippen LogP contribution in [0.4, 0.5) is 4.79 Å². The fourth-order valence-corrected chi connectivity index (χ4v) is 3.08. The van der Waals surface area contributed by atoms with Gasteiger partial charge < -0.3 is 9.64 Å². The summed E-state index contributed by atoms with van der Waals surface area (Å²) in [5, 5.41) is 0. The number of benzene rings is 1. The van der Waals surface area contributed by atoms with Gasteiger partial charge in [-0.1, -0.05) is 18.2 Å². The Hall–Kier alpha value is -1.33. The Bertz CT molecular complexity index is 541. The first-order valence-electron chi connectivity index (χ1n) is 5.95. The van der Waals surface area contributed by atoms with Crippen molar-refractivity contribution in [2.75, 3.05) is 6.54 Å². The van der Waals surface area contributed by atoms with Gasteiger partial charge in [-0.2, -0.15) is 0 Å². The molecule has 1 heterocycles. The van der Waals surface area contributed by atoms with Gasteiger partial charge >= 0.3 is 6.09 Å². The molecule has 0 saturated heterocycles. The monoisotopic (exact) mass is 339 g/mol. The van der Waals surface area contributed by atoms with Crippen molar-refractivity contribution in [2.24, 2.45) is 0 Å². The Morgan fingerprint density at radius 2 is 2.00 bits per heavy atom. The summed E-state index contributed by atoms with van der Waals surface area (Å²) in [4.78, 5) is 14.8. The smallest absolute Gasteiger partial charge is 0.410 e. The topological polar surface area (TPSA) is 29.5 Å². The number of rotatable bonds is 4. The largest absolute Gasteiger partial charge is 0.415 e. The molecule has 0 unspecified atom stereocenters. The summed E-state index contributed by atoms with van der Waals surface area (Å²) in [5.41, 5.74) is 0. The number of hydrogen-bond acceptors (Lipinski definition) is 3. The molecule has 0 radical (unpaired) electrons. The third-order valence-electron chi connectivity index (χ3n) is 2.56. The van der Waals surface area contributed by atoms with E-state index in [0.717, 1.165) is 8.66 Å². The van der Waals surface area contributed by atoms with Gasteiger partial charge in [0.1, 0.15) is 5.75 Å². The zero-order valence-corrected chi connectivity index (χ0v) is 12.9. The van der Waals surface area contributed by atoms with Crippen LogP contribution in [0.1, 0.15) is 11.8 Å². The molecule has 100 valence electrons. The van der Waals surface area contributed by atoms with E-state index in [1.165, 1.54) is 0 Å². The second-order valence-electron chi connectivity index (χ2n) is 3.90. The lowest BCUT2D eigenvalue weighted by Gasteiger charge is -2.19. The lowest BCUT2D eigenvalue weighted by molar-refractivity contribution is 0.152. The molecular formula is C14H14BrNO2S. The fourth-order valence-electron chi connectivity index (χ4n) is 1.58. The average molecular weight is 340 g/mol. The third kappa shape index (κ3) is 4.08. The Morgan fingerprint density at radius 3 is 2.58 bits per heavy atom. The lowest BCUT2D eigenvalue weighted by Crippen LogP contribution is -2.32. The van der Waals surface area contributed by atoms with E-state index in [-0.39, 0.29) is 6.09 Å². The molecule has 1 aromatic carbocycles. The summed E-state index contributed by atoms with van der Waals surface area (Å²) in [7, 11) is 0. The summed E-state index contributed by atoms with van der Waals surface area (Å²) in [6.07, 6.45) is -0.321. The van der Waals surface area contributed by atoms with Gasteiger partial charge in [0.25, 0.3) is 0 Å². The van der Waals surface area contributed by atoms with Crippen LogP contribution < -0.4 is 4.74 Å². The van der Waals surface area contributed by atoms with Gasteiger partial charge in [-0.3, -0.25) is 0 Å². The molecule has 1 aromatic heterocycles. The van der Waals surface area contributed by atoms with Crippen molar-refractivity contribution < 1.29 is 9.53 Å². The number of amides is 1. The number of thiophene rings is 1. The van der Waals surface area contributed by atoms with E-state index in [9.17, 15) is 4.79 Å². The molecule has 2 rings (SSSR count). The van der Waals surface area contributed by atoms with Gasteiger partial charge in [0.2, 0.25) is 0 Å².